The minimum atomic E-state index is 0.000741. The van der Waals surface area contributed by atoms with Crippen molar-refractivity contribution in [2.75, 3.05) is 13.1 Å². The Morgan fingerprint density at radius 1 is 1.25 bits per heavy atom. The van der Waals surface area contributed by atoms with Gasteiger partial charge in [0.05, 0.1) is 6.04 Å². The van der Waals surface area contributed by atoms with Crippen LogP contribution in [-0.2, 0) is 0 Å². The zero-order valence-corrected chi connectivity index (χ0v) is 13.3. The highest BCUT2D eigenvalue weighted by molar-refractivity contribution is 6.01. The molecule has 0 bridgehead atoms. The molecule has 0 amide bonds. The molecule has 1 heterocycles. The Labute approximate surface area is 123 Å². The predicted molar refractivity (Wildman–Crippen MR) is 84.3 cm³/mol. The third kappa shape index (κ3) is 3.49. The molecule has 1 fully saturated rings. The molecule has 1 aromatic carbocycles. The molecule has 110 valence electrons. The first-order valence-electron chi connectivity index (χ1n) is 7.84. The van der Waals surface area contributed by atoms with E-state index in [-0.39, 0.29) is 11.8 Å². The molecule has 1 aromatic rings. The molecule has 2 heteroatoms. The second-order valence-electron chi connectivity index (χ2n) is 6.43. The maximum Gasteiger partial charge on any atom is 0.179 e. The lowest BCUT2D eigenvalue weighted by Crippen LogP contribution is -2.40. The van der Waals surface area contributed by atoms with Crippen LogP contribution in [-0.4, -0.2) is 29.8 Å². The second kappa shape index (κ2) is 6.53. The van der Waals surface area contributed by atoms with Gasteiger partial charge in [-0.25, -0.2) is 0 Å². The number of aryl methyl sites for hydroxylation is 2. The first kappa shape index (κ1) is 15.2. The van der Waals surface area contributed by atoms with E-state index in [4.69, 9.17) is 0 Å². The van der Waals surface area contributed by atoms with Crippen molar-refractivity contribution in [1.82, 2.24) is 4.90 Å². The van der Waals surface area contributed by atoms with Crippen LogP contribution in [0.4, 0.5) is 0 Å². The summed E-state index contributed by atoms with van der Waals surface area (Å²) in [4.78, 5) is 15.1. The summed E-state index contributed by atoms with van der Waals surface area (Å²) in [6.45, 7) is 10.6. The number of carbonyl (C=O) groups excluding carboxylic acids is 1. The first-order valence-corrected chi connectivity index (χ1v) is 7.84. The van der Waals surface area contributed by atoms with Crippen LogP contribution >= 0.6 is 0 Å². The van der Waals surface area contributed by atoms with Crippen LogP contribution < -0.4 is 0 Å². The maximum absolute atomic E-state index is 12.8. The van der Waals surface area contributed by atoms with Gasteiger partial charge in [0.1, 0.15) is 0 Å². The molecular formula is C18H27NO. The van der Waals surface area contributed by atoms with Gasteiger partial charge >= 0.3 is 0 Å². The summed E-state index contributed by atoms with van der Waals surface area (Å²) in [7, 11) is 0. The van der Waals surface area contributed by atoms with E-state index in [1.54, 1.807) is 0 Å². The summed E-state index contributed by atoms with van der Waals surface area (Å²) < 4.78 is 0. The fourth-order valence-corrected chi connectivity index (χ4v) is 3.06. The average Bonchev–Trinajstić information content (AvgIpc) is 2.64. The first-order chi connectivity index (χ1) is 9.49. The van der Waals surface area contributed by atoms with Crippen molar-refractivity contribution in [3.63, 3.8) is 0 Å². The van der Waals surface area contributed by atoms with Crippen molar-refractivity contribution in [3.05, 3.63) is 34.9 Å². The fraction of sp³-hybridized carbons (Fsp3) is 0.611. The zero-order valence-electron chi connectivity index (χ0n) is 13.3. The van der Waals surface area contributed by atoms with Crippen molar-refractivity contribution in [2.45, 2.75) is 53.0 Å². The van der Waals surface area contributed by atoms with Crippen molar-refractivity contribution in [3.8, 4) is 0 Å². The molecule has 1 saturated heterocycles. The molecule has 2 rings (SSSR count). The van der Waals surface area contributed by atoms with Crippen molar-refractivity contribution < 1.29 is 4.79 Å². The SMILES string of the molecule is Cc1ccc(C)c(C(=O)C(C)N2CCCC(C)CC2)c1. The number of hydrogen-bond acceptors (Lipinski definition) is 2. The molecule has 2 nitrogen and oxygen atoms in total. The van der Waals surface area contributed by atoms with E-state index in [1.807, 2.05) is 13.0 Å². The van der Waals surface area contributed by atoms with Crippen LogP contribution in [0.5, 0.6) is 0 Å². The second-order valence-corrected chi connectivity index (χ2v) is 6.43. The number of nitrogens with zero attached hydrogens (tertiary/aromatic N) is 1. The van der Waals surface area contributed by atoms with E-state index in [2.05, 4.69) is 37.8 Å². The molecule has 1 aliphatic rings. The molecule has 0 radical (unpaired) electrons. The molecule has 0 N–H and O–H groups in total. The van der Waals surface area contributed by atoms with Crippen LogP contribution in [0.15, 0.2) is 18.2 Å². The van der Waals surface area contributed by atoms with Crippen molar-refractivity contribution >= 4 is 5.78 Å². The summed E-state index contributed by atoms with van der Waals surface area (Å²) in [5, 5.41) is 0. The van der Waals surface area contributed by atoms with Crippen LogP contribution in [0.2, 0.25) is 0 Å². The largest absolute Gasteiger partial charge is 0.293 e. The van der Waals surface area contributed by atoms with Gasteiger partial charge in [0.2, 0.25) is 0 Å². The third-order valence-corrected chi connectivity index (χ3v) is 4.64. The van der Waals surface area contributed by atoms with Gasteiger partial charge in [-0.1, -0.05) is 24.6 Å². The fourth-order valence-electron chi connectivity index (χ4n) is 3.06. The highest BCUT2D eigenvalue weighted by Gasteiger charge is 2.25. The summed E-state index contributed by atoms with van der Waals surface area (Å²) in [5.41, 5.74) is 3.15. The monoisotopic (exact) mass is 273 g/mol. The van der Waals surface area contributed by atoms with E-state index in [0.29, 0.717) is 0 Å². The Morgan fingerprint density at radius 3 is 2.75 bits per heavy atom. The Kier molecular flexibility index (Phi) is 4.98. The topological polar surface area (TPSA) is 20.3 Å². The van der Waals surface area contributed by atoms with Gasteiger partial charge in [-0.2, -0.15) is 0 Å². The number of ketones is 1. The Hall–Kier alpha value is -1.15. The van der Waals surface area contributed by atoms with E-state index >= 15 is 0 Å². The Bertz CT molecular complexity index is 480. The molecule has 0 spiro atoms. The molecular weight excluding hydrogens is 246 g/mol. The maximum atomic E-state index is 12.8. The van der Waals surface area contributed by atoms with E-state index in [1.165, 1.54) is 19.3 Å². The lowest BCUT2D eigenvalue weighted by Gasteiger charge is -2.27. The highest BCUT2D eigenvalue weighted by atomic mass is 16.1. The van der Waals surface area contributed by atoms with Gasteiger partial charge in [0, 0.05) is 5.56 Å². The van der Waals surface area contributed by atoms with E-state index in [0.717, 1.165) is 35.7 Å². The zero-order chi connectivity index (χ0) is 14.7. The lowest BCUT2D eigenvalue weighted by molar-refractivity contribution is 0.0841. The molecule has 20 heavy (non-hydrogen) atoms. The highest BCUT2D eigenvalue weighted by Crippen LogP contribution is 2.21. The summed E-state index contributed by atoms with van der Waals surface area (Å²) >= 11 is 0. The van der Waals surface area contributed by atoms with Gasteiger partial charge in [-0.3, -0.25) is 9.69 Å². The summed E-state index contributed by atoms with van der Waals surface area (Å²) in [6, 6.07) is 6.17. The average molecular weight is 273 g/mol. The standard InChI is InChI=1S/C18H27NO/c1-13-6-5-10-19(11-9-13)16(4)18(20)17-12-14(2)7-8-15(17)3/h7-8,12-13,16H,5-6,9-11H2,1-4H3. The van der Waals surface area contributed by atoms with Crippen LogP contribution in [0.1, 0.15) is 54.6 Å². The van der Waals surface area contributed by atoms with Gasteiger partial charge < -0.3 is 0 Å². The van der Waals surface area contributed by atoms with E-state index < -0.39 is 0 Å². The normalized spacial score (nSPS) is 22.3. The van der Waals surface area contributed by atoms with Crippen LogP contribution in [0.3, 0.4) is 0 Å². The molecule has 1 aliphatic heterocycles. The molecule has 0 saturated carbocycles. The van der Waals surface area contributed by atoms with Crippen molar-refractivity contribution in [2.24, 2.45) is 5.92 Å². The number of Topliss-reactive ketones (excluding diaryl/α,β-unsaturated/α-hetero) is 1. The molecule has 0 aromatic heterocycles. The number of hydrogen-bond donors (Lipinski definition) is 0. The number of rotatable bonds is 3. The van der Waals surface area contributed by atoms with Gasteiger partial charge in [0.25, 0.3) is 0 Å². The molecule has 2 unspecified atom stereocenters. The van der Waals surface area contributed by atoms with Gasteiger partial charge in [-0.15, -0.1) is 0 Å². The van der Waals surface area contributed by atoms with Crippen LogP contribution in [0, 0.1) is 19.8 Å². The quantitative estimate of drug-likeness (QED) is 0.776. The number of benzene rings is 1. The van der Waals surface area contributed by atoms with Crippen LogP contribution in [0.25, 0.3) is 0 Å². The summed E-state index contributed by atoms with van der Waals surface area (Å²) in [5.74, 6) is 1.07. The van der Waals surface area contributed by atoms with E-state index in [9.17, 15) is 4.79 Å². The molecule has 2 atom stereocenters. The number of carbonyl (C=O) groups is 1. The predicted octanol–water partition coefficient (Wildman–Crippen LogP) is 4.00. The smallest absolute Gasteiger partial charge is 0.179 e. The van der Waals surface area contributed by atoms with Gasteiger partial charge in [0.15, 0.2) is 5.78 Å². The molecule has 0 aliphatic carbocycles. The minimum Gasteiger partial charge on any atom is -0.293 e. The minimum absolute atomic E-state index is 0.000741. The third-order valence-electron chi connectivity index (χ3n) is 4.64. The van der Waals surface area contributed by atoms with Gasteiger partial charge in [-0.05, 0) is 70.7 Å². The van der Waals surface area contributed by atoms with Crippen molar-refractivity contribution in [1.29, 1.82) is 0 Å². The Morgan fingerprint density at radius 2 is 2.00 bits per heavy atom. The summed E-state index contributed by atoms with van der Waals surface area (Å²) in [6.07, 6.45) is 3.72. The lowest BCUT2D eigenvalue weighted by atomic mass is 9.97. The number of likely N-dealkylation sites (tertiary alicyclic amines) is 1. The Balaban J connectivity index is 2.13.